The number of anilines is 1. The van der Waals surface area contributed by atoms with Crippen molar-refractivity contribution in [3.63, 3.8) is 0 Å². The third-order valence-electron chi connectivity index (χ3n) is 6.25. The summed E-state index contributed by atoms with van der Waals surface area (Å²) in [6.07, 6.45) is 2.38. The van der Waals surface area contributed by atoms with Crippen molar-refractivity contribution in [3.05, 3.63) is 125 Å². The summed E-state index contributed by atoms with van der Waals surface area (Å²) < 4.78 is 0. The van der Waals surface area contributed by atoms with Gasteiger partial charge in [0.15, 0.2) is 0 Å². The van der Waals surface area contributed by atoms with E-state index in [1.807, 2.05) is 0 Å². The highest BCUT2D eigenvalue weighted by atomic mass is 15.1. The first kappa shape index (κ1) is 22.7. The topological polar surface area (TPSA) is 3.24 Å². The lowest BCUT2D eigenvalue weighted by atomic mass is 9.35. The van der Waals surface area contributed by atoms with Crippen LogP contribution in [-0.4, -0.2) is 20.8 Å². The Balaban J connectivity index is 1.99. The molecule has 0 fully saturated rings. The highest BCUT2D eigenvalue weighted by molar-refractivity contribution is 7.00. The summed E-state index contributed by atoms with van der Waals surface area (Å²) in [6.45, 7) is 6.57. The Labute approximate surface area is 199 Å². The van der Waals surface area contributed by atoms with E-state index in [1.54, 1.807) is 0 Å². The van der Waals surface area contributed by atoms with Gasteiger partial charge in [-0.3, -0.25) is 0 Å². The Morgan fingerprint density at radius 3 is 1.55 bits per heavy atom. The minimum atomic E-state index is 0.129. The average molecular weight is 429 g/mol. The lowest BCUT2D eigenvalue weighted by molar-refractivity contribution is 1.13. The second-order valence-corrected chi connectivity index (χ2v) is 9.17. The van der Waals surface area contributed by atoms with Crippen LogP contribution >= 0.6 is 0 Å². The normalized spacial score (nSPS) is 11.4. The Morgan fingerprint density at radius 2 is 1.06 bits per heavy atom. The minimum absolute atomic E-state index is 0.129. The second-order valence-electron chi connectivity index (χ2n) is 9.17. The van der Waals surface area contributed by atoms with Gasteiger partial charge < -0.3 is 4.90 Å². The zero-order chi connectivity index (χ0) is 23.4. The molecule has 0 heterocycles. The van der Waals surface area contributed by atoms with Gasteiger partial charge in [-0.05, 0) is 38.0 Å². The Bertz CT molecular complexity index is 1190. The third kappa shape index (κ3) is 5.29. The molecule has 164 valence electrons. The molecule has 4 aromatic rings. The number of para-hydroxylation sites is 1. The van der Waals surface area contributed by atoms with Crippen LogP contribution < -0.4 is 15.8 Å². The highest BCUT2D eigenvalue weighted by Gasteiger charge is 2.25. The molecule has 1 nitrogen and oxygen atoms in total. The van der Waals surface area contributed by atoms with E-state index in [1.165, 1.54) is 49.9 Å². The summed E-state index contributed by atoms with van der Waals surface area (Å²) in [5, 5.41) is 0. The summed E-state index contributed by atoms with van der Waals surface area (Å²) >= 11 is 0. The molecule has 0 atom stereocenters. The Kier molecular flexibility index (Phi) is 6.84. The van der Waals surface area contributed by atoms with Gasteiger partial charge in [-0.2, -0.15) is 0 Å². The van der Waals surface area contributed by atoms with E-state index in [2.05, 4.69) is 143 Å². The van der Waals surface area contributed by atoms with Crippen LogP contribution in [-0.2, 0) is 0 Å². The zero-order valence-electron chi connectivity index (χ0n) is 20.3. The van der Waals surface area contributed by atoms with Crippen LogP contribution in [0, 0.1) is 20.8 Å². The minimum Gasteiger partial charge on any atom is -0.377 e. The van der Waals surface area contributed by atoms with Gasteiger partial charge in [0.05, 0.1) is 0 Å². The van der Waals surface area contributed by atoms with Crippen molar-refractivity contribution < 1.29 is 0 Å². The van der Waals surface area contributed by atoms with Gasteiger partial charge in [-0.15, -0.1) is 0 Å². The van der Waals surface area contributed by atoms with Crippen LogP contribution in [0.5, 0.6) is 0 Å². The van der Waals surface area contributed by atoms with Crippen molar-refractivity contribution in [3.8, 4) is 0 Å². The number of aryl methyl sites for hydroxylation is 3. The van der Waals surface area contributed by atoms with Crippen molar-refractivity contribution in [1.29, 1.82) is 0 Å². The van der Waals surface area contributed by atoms with E-state index in [4.69, 9.17) is 0 Å². The summed E-state index contributed by atoms with van der Waals surface area (Å²) in [4.78, 5) is 2.19. The van der Waals surface area contributed by atoms with Gasteiger partial charge in [-0.25, -0.2) is 0 Å². The van der Waals surface area contributed by atoms with Crippen LogP contribution in [0.4, 0.5) is 5.69 Å². The first-order valence-corrected chi connectivity index (χ1v) is 11.6. The van der Waals surface area contributed by atoms with Crippen LogP contribution in [0.2, 0.25) is 0 Å². The first-order chi connectivity index (χ1) is 15.9. The molecule has 0 saturated heterocycles. The maximum absolute atomic E-state index is 2.38. The van der Waals surface area contributed by atoms with E-state index in [9.17, 15) is 0 Å². The Morgan fingerprint density at radius 1 is 0.606 bits per heavy atom. The standard InChI is InChI=1S/C31H32BN/c1-23-10-16-26(17-11-23)30(22-27-8-6-7-9-31(27)33(4)5)32(28-18-12-24(2)13-19-28)29-20-14-25(3)15-21-29/h6-22H,1-5H3/b30-22-. The summed E-state index contributed by atoms with van der Waals surface area (Å²) in [6, 6.07) is 35.6. The predicted octanol–water partition coefficient (Wildman–Crippen LogP) is 6.07. The average Bonchev–Trinajstić information content (AvgIpc) is 2.82. The molecule has 0 radical (unpaired) electrons. The smallest absolute Gasteiger partial charge is 0.241 e. The van der Waals surface area contributed by atoms with Gasteiger partial charge >= 0.3 is 0 Å². The van der Waals surface area contributed by atoms with E-state index >= 15 is 0 Å². The van der Waals surface area contributed by atoms with Gasteiger partial charge in [0, 0.05) is 19.8 Å². The molecular weight excluding hydrogens is 397 g/mol. The molecule has 0 aliphatic carbocycles. The Hall–Kier alpha value is -3.52. The molecule has 0 saturated carbocycles. The molecule has 0 aliphatic heterocycles. The number of hydrogen-bond acceptors (Lipinski definition) is 1. The summed E-state index contributed by atoms with van der Waals surface area (Å²) in [5.41, 5.74) is 11.4. The van der Waals surface area contributed by atoms with E-state index in [0.29, 0.717) is 0 Å². The molecule has 0 amide bonds. The molecule has 0 unspecified atom stereocenters. The molecule has 0 N–H and O–H groups in total. The van der Waals surface area contributed by atoms with Gasteiger partial charge in [0.2, 0.25) is 6.71 Å². The molecule has 4 rings (SSSR count). The van der Waals surface area contributed by atoms with Crippen LogP contribution in [0.25, 0.3) is 11.5 Å². The third-order valence-corrected chi connectivity index (χ3v) is 6.25. The summed E-state index contributed by atoms with van der Waals surface area (Å²) in [5.74, 6) is 0. The first-order valence-electron chi connectivity index (χ1n) is 11.6. The molecule has 4 aromatic carbocycles. The number of rotatable bonds is 6. The highest BCUT2D eigenvalue weighted by Crippen LogP contribution is 2.27. The van der Waals surface area contributed by atoms with Crippen molar-refractivity contribution in [2.45, 2.75) is 20.8 Å². The predicted molar refractivity (Wildman–Crippen MR) is 147 cm³/mol. The SMILES string of the molecule is Cc1ccc(B(/C(=C\c2ccccc2N(C)C)c2ccc(C)cc2)c2ccc(C)cc2)cc1. The quantitative estimate of drug-likeness (QED) is 0.266. The molecule has 2 heteroatoms. The molecule has 0 aromatic heterocycles. The lowest BCUT2D eigenvalue weighted by Crippen LogP contribution is -2.43. The van der Waals surface area contributed by atoms with Crippen molar-refractivity contribution in [2.75, 3.05) is 19.0 Å². The zero-order valence-corrected chi connectivity index (χ0v) is 20.3. The fraction of sp³-hybridized carbons (Fsp3) is 0.161. The van der Waals surface area contributed by atoms with Crippen molar-refractivity contribution in [1.82, 2.24) is 0 Å². The van der Waals surface area contributed by atoms with Gasteiger partial charge in [-0.1, -0.05) is 130 Å². The fourth-order valence-corrected chi connectivity index (χ4v) is 4.33. The monoisotopic (exact) mass is 429 g/mol. The maximum atomic E-state index is 2.38. The van der Waals surface area contributed by atoms with Gasteiger partial charge in [0.1, 0.15) is 0 Å². The van der Waals surface area contributed by atoms with Crippen molar-refractivity contribution in [2.24, 2.45) is 0 Å². The number of hydrogen-bond donors (Lipinski definition) is 0. The molecular formula is C31H32BN. The van der Waals surface area contributed by atoms with Crippen LogP contribution in [0.3, 0.4) is 0 Å². The molecule has 0 spiro atoms. The molecule has 0 bridgehead atoms. The van der Waals surface area contributed by atoms with Crippen LogP contribution in [0.1, 0.15) is 27.8 Å². The fourth-order valence-electron chi connectivity index (χ4n) is 4.33. The van der Waals surface area contributed by atoms with E-state index in [-0.39, 0.29) is 6.71 Å². The number of benzene rings is 4. The van der Waals surface area contributed by atoms with Gasteiger partial charge in [0.25, 0.3) is 0 Å². The van der Waals surface area contributed by atoms with Crippen LogP contribution in [0.15, 0.2) is 97.1 Å². The largest absolute Gasteiger partial charge is 0.377 e. The molecule has 33 heavy (non-hydrogen) atoms. The maximum Gasteiger partial charge on any atom is 0.241 e. The lowest BCUT2D eigenvalue weighted by Gasteiger charge is -2.22. The summed E-state index contributed by atoms with van der Waals surface area (Å²) in [7, 11) is 4.21. The van der Waals surface area contributed by atoms with Crippen molar-refractivity contribution >= 4 is 34.9 Å². The number of nitrogens with zero attached hydrogens (tertiary/aromatic N) is 1. The van der Waals surface area contributed by atoms with E-state index < -0.39 is 0 Å². The second kappa shape index (κ2) is 9.96. The van der Waals surface area contributed by atoms with E-state index in [0.717, 1.165) is 0 Å². The molecule has 0 aliphatic rings.